The van der Waals surface area contributed by atoms with Crippen molar-refractivity contribution in [2.45, 2.75) is 5.92 Å². The molecule has 0 fully saturated rings. The van der Waals surface area contributed by atoms with Gasteiger partial charge in [0.1, 0.15) is 17.3 Å². The average molecular weight is 543 g/mol. The van der Waals surface area contributed by atoms with Crippen molar-refractivity contribution < 1.29 is 9.18 Å². The Labute approximate surface area is 233 Å². The molecular formula is C33H20ClFN4O. The van der Waals surface area contributed by atoms with Crippen LogP contribution in [0.1, 0.15) is 33.0 Å². The lowest BCUT2D eigenvalue weighted by atomic mass is 9.80. The van der Waals surface area contributed by atoms with E-state index in [-0.39, 0.29) is 11.6 Å². The molecule has 8 rings (SSSR count). The zero-order chi connectivity index (χ0) is 27.0. The van der Waals surface area contributed by atoms with Gasteiger partial charge in [0.25, 0.3) is 0 Å². The minimum Gasteiger partial charge on any atom is -0.360 e. The zero-order valence-electron chi connectivity index (χ0n) is 21.0. The molecule has 40 heavy (non-hydrogen) atoms. The molecule has 6 aromatic rings. The van der Waals surface area contributed by atoms with E-state index in [2.05, 4.69) is 16.4 Å². The largest absolute Gasteiger partial charge is 0.360 e. The van der Waals surface area contributed by atoms with E-state index in [1.807, 2.05) is 77.6 Å². The van der Waals surface area contributed by atoms with Crippen molar-refractivity contribution in [3.8, 4) is 16.9 Å². The summed E-state index contributed by atoms with van der Waals surface area (Å²) in [6.07, 6.45) is 1.95. The van der Waals surface area contributed by atoms with Crippen LogP contribution in [0.3, 0.4) is 0 Å². The molecule has 1 unspecified atom stereocenters. The number of hydrogen-bond acceptors (Lipinski definition) is 3. The average Bonchev–Trinajstić information content (AvgIpc) is 3.66. The molecular weight excluding hydrogens is 523 g/mol. The van der Waals surface area contributed by atoms with E-state index >= 15 is 0 Å². The second-order valence-corrected chi connectivity index (χ2v) is 10.5. The quantitative estimate of drug-likeness (QED) is 0.238. The summed E-state index contributed by atoms with van der Waals surface area (Å²) in [5.41, 5.74) is 8.10. The maximum atomic E-state index is 14.0. The Morgan fingerprint density at radius 3 is 2.35 bits per heavy atom. The van der Waals surface area contributed by atoms with Gasteiger partial charge in [-0.2, -0.15) is 5.10 Å². The summed E-state index contributed by atoms with van der Waals surface area (Å²) in [5, 5.41) is 10.4. The van der Waals surface area contributed by atoms with E-state index in [9.17, 15) is 9.18 Å². The van der Waals surface area contributed by atoms with Gasteiger partial charge in [-0.05, 0) is 48.0 Å². The van der Waals surface area contributed by atoms with Crippen LogP contribution < -0.4 is 5.32 Å². The van der Waals surface area contributed by atoms with Gasteiger partial charge in [0, 0.05) is 55.9 Å². The van der Waals surface area contributed by atoms with Gasteiger partial charge in [0.15, 0.2) is 5.78 Å². The monoisotopic (exact) mass is 542 g/mol. The second kappa shape index (κ2) is 8.53. The highest BCUT2D eigenvalue weighted by Crippen LogP contribution is 2.53. The highest BCUT2D eigenvalue weighted by molar-refractivity contribution is 6.30. The Balaban J connectivity index is 1.47. The maximum absolute atomic E-state index is 14.0. The lowest BCUT2D eigenvalue weighted by Crippen LogP contribution is -2.20. The normalized spacial score (nSPS) is 15.7. The number of nitrogens with one attached hydrogen (secondary N) is 2. The van der Waals surface area contributed by atoms with Crippen LogP contribution in [-0.2, 0) is 0 Å². The first kappa shape index (κ1) is 23.0. The summed E-state index contributed by atoms with van der Waals surface area (Å²) in [6.45, 7) is 0. The number of halogens is 2. The Bertz CT molecular complexity index is 2020. The van der Waals surface area contributed by atoms with Crippen molar-refractivity contribution in [3.63, 3.8) is 0 Å². The number of ketones is 1. The van der Waals surface area contributed by atoms with Crippen molar-refractivity contribution >= 4 is 39.8 Å². The van der Waals surface area contributed by atoms with Gasteiger partial charge in [-0.1, -0.05) is 66.2 Å². The number of carbonyl (C=O) groups excluding carboxylic acids is 1. The molecule has 0 amide bonds. The molecule has 1 atom stereocenters. The topological polar surface area (TPSA) is 62.7 Å². The van der Waals surface area contributed by atoms with Crippen LogP contribution in [0.15, 0.2) is 109 Å². The van der Waals surface area contributed by atoms with Crippen molar-refractivity contribution in [1.29, 1.82) is 0 Å². The van der Waals surface area contributed by atoms with E-state index in [4.69, 9.17) is 16.7 Å². The third-order valence-electron chi connectivity index (χ3n) is 7.82. The first-order valence-electron chi connectivity index (χ1n) is 12.9. The summed E-state index contributed by atoms with van der Waals surface area (Å²) < 4.78 is 15.7. The van der Waals surface area contributed by atoms with Crippen molar-refractivity contribution in [1.82, 2.24) is 14.8 Å². The fraction of sp³-hybridized carbons (Fsp3) is 0.0303. The number of para-hydroxylation sites is 1. The number of carbonyl (C=O) groups is 1. The van der Waals surface area contributed by atoms with Gasteiger partial charge in [0.05, 0.1) is 11.4 Å². The standard InChI is InChI=1S/C33H20ClFN4O/c34-19-11-9-18(10-12-19)27-28-30(23-6-1-2-7-24(23)32(28)40)37-33-29(27)31(25-17-36-26-8-4-3-5-22(25)26)38-39(33)21-15-13-20(35)14-16-21/h1-17,27,36-37H. The number of rotatable bonds is 3. The Kier molecular flexibility index (Phi) is 4.90. The van der Waals surface area contributed by atoms with Gasteiger partial charge in [0.2, 0.25) is 0 Å². The molecule has 192 valence electrons. The van der Waals surface area contributed by atoms with Crippen molar-refractivity contribution in [2.75, 3.05) is 5.32 Å². The van der Waals surface area contributed by atoms with Crippen molar-refractivity contribution in [3.05, 3.63) is 142 Å². The van der Waals surface area contributed by atoms with E-state index in [1.165, 1.54) is 12.1 Å². The van der Waals surface area contributed by atoms with Crippen LogP contribution in [0.4, 0.5) is 10.2 Å². The fourth-order valence-corrected chi connectivity index (χ4v) is 6.15. The van der Waals surface area contributed by atoms with E-state index in [1.54, 1.807) is 12.1 Å². The van der Waals surface area contributed by atoms with Crippen LogP contribution in [-0.4, -0.2) is 20.5 Å². The molecule has 2 aromatic heterocycles. The third kappa shape index (κ3) is 3.26. The Hall–Kier alpha value is -4.94. The first-order chi connectivity index (χ1) is 19.6. The number of hydrogen-bond donors (Lipinski definition) is 2. The van der Waals surface area contributed by atoms with Gasteiger partial charge < -0.3 is 10.3 Å². The summed E-state index contributed by atoms with van der Waals surface area (Å²) >= 11 is 6.30. The molecule has 4 aromatic carbocycles. The summed E-state index contributed by atoms with van der Waals surface area (Å²) in [6, 6.07) is 29.6. The number of H-pyrrole nitrogens is 1. The van der Waals surface area contributed by atoms with Crippen LogP contribution in [0.2, 0.25) is 5.02 Å². The molecule has 3 heterocycles. The molecule has 7 heteroatoms. The van der Waals surface area contributed by atoms with Gasteiger partial charge in [-0.25, -0.2) is 9.07 Å². The second-order valence-electron chi connectivity index (χ2n) is 10.0. The number of Topliss-reactive ketones (excluding diaryl/α,β-unsaturated/α-hetero) is 1. The van der Waals surface area contributed by atoms with Crippen molar-refractivity contribution in [2.24, 2.45) is 0 Å². The molecule has 2 aliphatic rings. The number of allylic oxidation sites excluding steroid dienone is 1. The van der Waals surface area contributed by atoms with Gasteiger partial charge in [-0.15, -0.1) is 0 Å². The molecule has 0 bridgehead atoms. The lowest BCUT2D eigenvalue weighted by molar-refractivity contribution is 0.103. The van der Waals surface area contributed by atoms with Crippen LogP contribution >= 0.6 is 11.6 Å². The fourth-order valence-electron chi connectivity index (χ4n) is 6.02. The molecule has 1 aliphatic carbocycles. The van der Waals surface area contributed by atoms with E-state index in [0.29, 0.717) is 21.8 Å². The van der Waals surface area contributed by atoms with E-state index in [0.717, 1.165) is 50.4 Å². The molecule has 2 N–H and O–H groups in total. The highest BCUT2D eigenvalue weighted by atomic mass is 35.5. The predicted octanol–water partition coefficient (Wildman–Crippen LogP) is 7.98. The number of aromatic amines is 1. The first-order valence-corrected chi connectivity index (χ1v) is 13.3. The van der Waals surface area contributed by atoms with Crippen LogP contribution in [0, 0.1) is 5.82 Å². The zero-order valence-corrected chi connectivity index (χ0v) is 21.7. The number of nitrogens with zero attached hydrogens (tertiary/aromatic N) is 2. The lowest BCUT2D eigenvalue weighted by Gasteiger charge is -2.27. The minimum absolute atomic E-state index is 0.0110. The SMILES string of the molecule is O=C1C2=C(Nc3c(c(-c4c[nH]c5ccccc45)nn3-c3ccc(F)cc3)C2c2ccc(Cl)cc2)c2ccccc21. The Morgan fingerprint density at radius 1 is 0.825 bits per heavy atom. The summed E-state index contributed by atoms with van der Waals surface area (Å²) in [5.74, 6) is -0.0200. The number of fused-ring (bicyclic) bond motifs is 4. The Morgan fingerprint density at radius 2 is 1.55 bits per heavy atom. The van der Waals surface area contributed by atoms with E-state index < -0.39 is 5.92 Å². The van der Waals surface area contributed by atoms with Crippen LogP contribution in [0.5, 0.6) is 0 Å². The summed E-state index contributed by atoms with van der Waals surface area (Å²) in [4.78, 5) is 17.4. The maximum Gasteiger partial charge on any atom is 0.192 e. The third-order valence-corrected chi connectivity index (χ3v) is 8.07. The van der Waals surface area contributed by atoms with Crippen LogP contribution in [0.25, 0.3) is 33.5 Å². The van der Waals surface area contributed by atoms with Gasteiger partial charge in [-0.3, -0.25) is 4.79 Å². The number of anilines is 1. The molecule has 0 radical (unpaired) electrons. The highest BCUT2D eigenvalue weighted by Gasteiger charge is 2.43. The molecule has 0 spiro atoms. The molecule has 1 aliphatic heterocycles. The molecule has 0 saturated heterocycles. The number of benzene rings is 4. The predicted molar refractivity (Wildman–Crippen MR) is 155 cm³/mol. The molecule has 5 nitrogen and oxygen atoms in total. The molecule has 0 saturated carbocycles. The number of aromatic nitrogens is 3. The minimum atomic E-state index is -0.415. The summed E-state index contributed by atoms with van der Waals surface area (Å²) in [7, 11) is 0. The van der Waals surface area contributed by atoms with Gasteiger partial charge >= 0.3 is 0 Å². The smallest absolute Gasteiger partial charge is 0.192 e.